The van der Waals surface area contributed by atoms with E-state index in [2.05, 4.69) is 63.1 Å². The molecule has 29 heavy (non-hydrogen) atoms. The maximum atomic E-state index is 5.66. The zero-order valence-corrected chi connectivity index (χ0v) is 19.3. The molecule has 1 aromatic heterocycles. The van der Waals surface area contributed by atoms with Crippen molar-refractivity contribution in [3.63, 3.8) is 0 Å². The molecule has 9 nitrogen and oxygen atoms in total. The lowest BCUT2D eigenvalue weighted by Gasteiger charge is -2.17. The van der Waals surface area contributed by atoms with Gasteiger partial charge in [0.25, 0.3) is 0 Å². The first kappa shape index (κ1) is 25.7. The van der Waals surface area contributed by atoms with Crippen molar-refractivity contribution in [1.82, 2.24) is 24.8 Å². The molecule has 0 saturated heterocycles. The Balaban J connectivity index is 2.22. The Bertz CT molecular complexity index is 535. The molecule has 1 heterocycles. The van der Waals surface area contributed by atoms with E-state index in [-0.39, 0.29) is 0 Å². The van der Waals surface area contributed by atoms with Crippen LogP contribution in [0.1, 0.15) is 27.7 Å². The van der Waals surface area contributed by atoms with Gasteiger partial charge in [0.15, 0.2) is 0 Å². The third-order valence-corrected chi connectivity index (χ3v) is 4.80. The molecule has 0 unspecified atom stereocenters. The molecular weight excluding hydrogens is 390 g/mol. The fraction of sp³-hybridized carbons (Fsp3) is 0.842. The van der Waals surface area contributed by atoms with Crippen LogP contribution in [-0.2, 0) is 9.47 Å². The summed E-state index contributed by atoms with van der Waals surface area (Å²) in [7, 11) is 0. The van der Waals surface area contributed by atoms with Gasteiger partial charge in [-0.25, -0.2) is 0 Å². The number of hydrogen-bond acceptors (Lipinski definition) is 9. The number of aromatic nitrogens is 3. The van der Waals surface area contributed by atoms with E-state index in [9.17, 15) is 0 Å². The van der Waals surface area contributed by atoms with Crippen molar-refractivity contribution in [2.75, 3.05) is 89.4 Å². The Morgan fingerprint density at radius 3 is 1.55 bits per heavy atom. The molecule has 3 N–H and O–H groups in total. The average Bonchev–Trinajstić information content (AvgIpc) is 2.72. The minimum atomic E-state index is 0.290. The summed E-state index contributed by atoms with van der Waals surface area (Å²) >= 11 is 5.14. The predicted molar refractivity (Wildman–Crippen MR) is 121 cm³/mol. The summed E-state index contributed by atoms with van der Waals surface area (Å²) in [6, 6.07) is 0. The lowest BCUT2D eigenvalue weighted by Crippen LogP contribution is -2.27. The van der Waals surface area contributed by atoms with Crippen molar-refractivity contribution in [3.05, 3.63) is 4.77 Å². The van der Waals surface area contributed by atoms with E-state index in [1.165, 1.54) is 0 Å². The molecule has 0 amide bonds. The van der Waals surface area contributed by atoms with E-state index in [0.29, 0.717) is 43.0 Å². The van der Waals surface area contributed by atoms with Crippen molar-refractivity contribution in [3.8, 4) is 0 Å². The van der Waals surface area contributed by atoms with E-state index in [1.807, 2.05) is 0 Å². The van der Waals surface area contributed by atoms with E-state index in [4.69, 9.17) is 21.7 Å². The van der Waals surface area contributed by atoms with Gasteiger partial charge in [0.05, 0.1) is 26.4 Å². The van der Waals surface area contributed by atoms with Crippen molar-refractivity contribution in [1.29, 1.82) is 0 Å². The monoisotopic (exact) mass is 429 g/mol. The number of hydrogen-bond donors (Lipinski definition) is 3. The van der Waals surface area contributed by atoms with Gasteiger partial charge in [0.2, 0.25) is 16.7 Å². The molecule has 0 fully saturated rings. The summed E-state index contributed by atoms with van der Waals surface area (Å²) in [6.07, 6.45) is 0. The summed E-state index contributed by atoms with van der Waals surface area (Å²) in [4.78, 5) is 16.2. The Kier molecular flexibility index (Phi) is 14.6. The zero-order valence-electron chi connectivity index (χ0n) is 18.5. The molecule has 0 aromatic carbocycles. The number of aromatic amines is 1. The smallest absolute Gasteiger partial charge is 0.225 e. The van der Waals surface area contributed by atoms with Gasteiger partial charge in [0, 0.05) is 26.2 Å². The van der Waals surface area contributed by atoms with E-state index in [1.54, 1.807) is 0 Å². The highest BCUT2D eigenvalue weighted by Gasteiger charge is 2.02. The molecule has 0 bridgehead atoms. The Morgan fingerprint density at radius 1 is 0.759 bits per heavy atom. The highest BCUT2D eigenvalue weighted by molar-refractivity contribution is 7.71. The molecule has 0 atom stereocenters. The predicted octanol–water partition coefficient (Wildman–Crippen LogP) is 2.07. The Labute approximate surface area is 180 Å². The van der Waals surface area contributed by atoms with Crippen LogP contribution in [0.4, 0.5) is 11.9 Å². The maximum absolute atomic E-state index is 5.66. The van der Waals surface area contributed by atoms with Crippen LogP contribution in [0.25, 0.3) is 0 Å². The van der Waals surface area contributed by atoms with E-state index < -0.39 is 0 Å². The maximum Gasteiger partial charge on any atom is 0.225 e. The van der Waals surface area contributed by atoms with Gasteiger partial charge in [-0.05, 0) is 38.4 Å². The third kappa shape index (κ3) is 12.1. The molecule has 0 aliphatic rings. The van der Waals surface area contributed by atoms with Crippen molar-refractivity contribution < 1.29 is 9.47 Å². The van der Waals surface area contributed by atoms with Crippen LogP contribution in [0.15, 0.2) is 0 Å². The molecule has 0 aliphatic heterocycles. The van der Waals surface area contributed by atoms with Gasteiger partial charge < -0.3 is 29.9 Å². The van der Waals surface area contributed by atoms with Gasteiger partial charge in [-0.3, -0.25) is 4.98 Å². The largest absolute Gasteiger partial charge is 0.378 e. The van der Waals surface area contributed by atoms with Crippen LogP contribution in [0.5, 0.6) is 0 Å². The van der Waals surface area contributed by atoms with Crippen LogP contribution in [0.3, 0.4) is 0 Å². The Hall–Kier alpha value is -1.33. The fourth-order valence-electron chi connectivity index (χ4n) is 2.71. The van der Waals surface area contributed by atoms with Crippen molar-refractivity contribution in [2.24, 2.45) is 0 Å². The second-order valence-electron chi connectivity index (χ2n) is 6.46. The molecule has 0 saturated carbocycles. The number of H-pyrrole nitrogens is 1. The summed E-state index contributed by atoms with van der Waals surface area (Å²) in [6.45, 7) is 18.7. The number of anilines is 2. The lowest BCUT2D eigenvalue weighted by molar-refractivity contribution is 0.114. The molecular formula is C19H39N7O2S. The number of rotatable bonds is 18. The minimum absolute atomic E-state index is 0.290. The van der Waals surface area contributed by atoms with Crippen molar-refractivity contribution in [2.45, 2.75) is 27.7 Å². The minimum Gasteiger partial charge on any atom is -0.378 e. The first-order valence-corrected chi connectivity index (χ1v) is 11.1. The van der Waals surface area contributed by atoms with Crippen molar-refractivity contribution >= 4 is 24.1 Å². The lowest BCUT2D eigenvalue weighted by atomic mass is 10.5. The normalized spacial score (nSPS) is 11.4. The number of likely N-dealkylation sites (N-methyl/N-ethyl adjacent to an activating group) is 2. The summed E-state index contributed by atoms with van der Waals surface area (Å²) in [5, 5.41) is 6.38. The molecule has 1 rings (SSSR count). The quantitative estimate of drug-likeness (QED) is 0.240. The van der Waals surface area contributed by atoms with E-state index >= 15 is 0 Å². The Morgan fingerprint density at radius 2 is 1.17 bits per heavy atom. The number of nitrogens with zero attached hydrogens (tertiary/aromatic N) is 4. The average molecular weight is 430 g/mol. The third-order valence-electron chi connectivity index (χ3n) is 4.62. The SMILES string of the molecule is CCN(CC)CCOCCNc1nc(=S)nc(NCCOCCN(CC)CC)[nH]1. The molecule has 0 aliphatic carbocycles. The zero-order chi connectivity index (χ0) is 21.3. The standard InChI is InChI=1S/C19H39N7O2S/c1-5-25(6-2)11-15-27-13-9-20-17-22-18(24-19(29)23-17)21-10-14-28-16-12-26(7-3)8-4/h5-16H2,1-4H3,(H3,20,21,22,23,24,29). The van der Waals surface area contributed by atoms with Gasteiger partial charge in [-0.15, -0.1) is 0 Å². The second kappa shape index (κ2) is 16.5. The molecule has 168 valence electrons. The van der Waals surface area contributed by atoms with E-state index in [0.717, 1.165) is 52.5 Å². The van der Waals surface area contributed by atoms with Crippen LogP contribution in [0, 0.1) is 4.77 Å². The van der Waals surface area contributed by atoms with Crippen LogP contribution in [0.2, 0.25) is 0 Å². The van der Waals surface area contributed by atoms with Gasteiger partial charge >= 0.3 is 0 Å². The molecule has 0 radical (unpaired) electrons. The fourth-order valence-corrected chi connectivity index (χ4v) is 2.89. The highest BCUT2D eigenvalue weighted by Crippen LogP contribution is 2.02. The van der Waals surface area contributed by atoms with Crippen LogP contribution < -0.4 is 10.6 Å². The molecule has 0 spiro atoms. The summed E-state index contributed by atoms with van der Waals surface area (Å²) in [5.74, 6) is 1.17. The first-order valence-electron chi connectivity index (χ1n) is 10.7. The summed E-state index contributed by atoms with van der Waals surface area (Å²) in [5.41, 5.74) is 0. The van der Waals surface area contributed by atoms with Gasteiger partial charge in [0.1, 0.15) is 0 Å². The second-order valence-corrected chi connectivity index (χ2v) is 6.83. The summed E-state index contributed by atoms with van der Waals surface area (Å²) < 4.78 is 11.6. The van der Waals surface area contributed by atoms with Gasteiger partial charge in [-0.2, -0.15) is 9.97 Å². The highest BCUT2D eigenvalue weighted by atomic mass is 32.1. The van der Waals surface area contributed by atoms with Gasteiger partial charge in [-0.1, -0.05) is 27.7 Å². The topological polar surface area (TPSA) is 90.6 Å². The van der Waals surface area contributed by atoms with Crippen LogP contribution in [-0.4, -0.2) is 104 Å². The number of nitrogens with one attached hydrogen (secondary N) is 3. The van der Waals surface area contributed by atoms with Crippen LogP contribution >= 0.6 is 12.2 Å². The molecule has 1 aromatic rings. The number of ether oxygens (including phenoxy) is 2. The molecule has 10 heteroatoms. The first-order chi connectivity index (χ1) is 14.1.